The van der Waals surface area contributed by atoms with Crippen molar-refractivity contribution in [3.8, 4) is 0 Å². The quantitative estimate of drug-likeness (QED) is 0.609. The van der Waals surface area contributed by atoms with Gasteiger partial charge in [0.2, 0.25) is 0 Å². The number of benzene rings is 1. The SMILES string of the molecule is CCCCN(CCCC)c1cc(CCl)c2ccccc2n1. The zero-order valence-corrected chi connectivity index (χ0v) is 13.9. The number of alkyl halides is 1. The topological polar surface area (TPSA) is 16.1 Å². The molecule has 0 spiro atoms. The number of halogens is 1. The third kappa shape index (κ3) is 4.10. The van der Waals surface area contributed by atoms with Gasteiger partial charge < -0.3 is 4.90 Å². The van der Waals surface area contributed by atoms with E-state index in [1.807, 2.05) is 12.1 Å². The summed E-state index contributed by atoms with van der Waals surface area (Å²) < 4.78 is 0. The number of anilines is 1. The highest BCUT2D eigenvalue weighted by atomic mass is 35.5. The molecule has 2 rings (SSSR count). The van der Waals surface area contributed by atoms with Crippen LogP contribution in [0, 0.1) is 0 Å². The van der Waals surface area contributed by atoms with E-state index in [0.29, 0.717) is 5.88 Å². The molecule has 0 saturated carbocycles. The van der Waals surface area contributed by atoms with Crippen LogP contribution in [0.4, 0.5) is 5.82 Å². The van der Waals surface area contributed by atoms with E-state index in [1.165, 1.54) is 36.6 Å². The number of hydrogen-bond acceptors (Lipinski definition) is 2. The third-order valence-corrected chi connectivity index (χ3v) is 4.11. The molecule has 21 heavy (non-hydrogen) atoms. The summed E-state index contributed by atoms with van der Waals surface area (Å²) in [6.07, 6.45) is 4.82. The molecule has 2 aromatic rings. The van der Waals surface area contributed by atoms with Crippen LogP contribution in [0.25, 0.3) is 10.9 Å². The number of pyridine rings is 1. The van der Waals surface area contributed by atoms with Crippen LogP contribution in [0.5, 0.6) is 0 Å². The van der Waals surface area contributed by atoms with E-state index in [9.17, 15) is 0 Å². The Morgan fingerprint density at radius 1 is 1.05 bits per heavy atom. The monoisotopic (exact) mass is 304 g/mol. The molecule has 0 saturated heterocycles. The highest BCUT2D eigenvalue weighted by molar-refractivity contribution is 6.18. The highest BCUT2D eigenvalue weighted by Gasteiger charge is 2.11. The Morgan fingerprint density at radius 3 is 2.33 bits per heavy atom. The Kier molecular flexibility index (Phi) is 6.31. The lowest BCUT2D eigenvalue weighted by Gasteiger charge is -2.24. The van der Waals surface area contributed by atoms with E-state index in [-0.39, 0.29) is 0 Å². The molecule has 0 N–H and O–H groups in total. The van der Waals surface area contributed by atoms with Gasteiger partial charge in [-0.05, 0) is 30.5 Å². The minimum atomic E-state index is 0.533. The van der Waals surface area contributed by atoms with Gasteiger partial charge in [0.1, 0.15) is 5.82 Å². The Labute approximate surface area is 133 Å². The number of nitrogens with zero attached hydrogens (tertiary/aromatic N) is 2. The largest absolute Gasteiger partial charge is 0.357 e. The molecule has 1 aromatic carbocycles. The number of para-hydroxylation sites is 1. The first-order chi connectivity index (χ1) is 10.3. The highest BCUT2D eigenvalue weighted by Crippen LogP contribution is 2.24. The van der Waals surface area contributed by atoms with Crippen LogP contribution >= 0.6 is 11.6 Å². The van der Waals surface area contributed by atoms with Gasteiger partial charge in [0.15, 0.2) is 0 Å². The summed E-state index contributed by atoms with van der Waals surface area (Å²) in [6, 6.07) is 10.4. The lowest BCUT2D eigenvalue weighted by molar-refractivity contribution is 0.672. The molecule has 0 aliphatic heterocycles. The molecular formula is C18H25ClN2. The van der Waals surface area contributed by atoms with Gasteiger partial charge in [-0.3, -0.25) is 0 Å². The van der Waals surface area contributed by atoms with E-state index in [4.69, 9.17) is 16.6 Å². The van der Waals surface area contributed by atoms with Crippen molar-refractivity contribution < 1.29 is 0 Å². The summed E-state index contributed by atoms with van der Waals surface area (Å²) in [5, 5.41) is 1.17. The lowest BCUT2D eigenvalue weighted by Crippen LogP contribution is -2.26. The minimum Gasteiger partial charge on any atom is -0.357 e. The first kappa shape index (κ1) is 16.1. The maximum atomic E-state index is 6.14. The van der Waals surface area contributed by atoms with Crippen molar-refractivity contribution in [2.75, 3.05) is 18.0 Å². The van der Waals surface area contributed by atoms with Crippen LogP contribution in [-0.2, 0) is 5.88 Å². The molecule has 2 nitrogen and oxygen atoms in total. The normalized spacial score (nSPS) is 11.0. The Balaban J connectivity index is 2.36. The van der Waals surface area contributed by atoms with Crippen molar-refractivity contribution in [3.63, 3.8) is 0 Å². The zero-order valence-electron chi connectivity index (χ0n) is 13.1. The van der Waals surface area contributed by atoms with Crippen molar-refractivity contribution in [2.45, 2.75) is 45.4 Å². The fourth-order valence-corrected chi connectivity index (χ4v) is 2.76. The predicted octanol–water partition coefficient (Wildman–Crippen LogP) is 5.38. The van der Waals surface area contributed by atoms with Gasteiger partial charge in [-0.25, -0.2) is 4.98 Å². The molecule has 0 aliphatic carbocycles. The number of fused-ring (bicyclic) bond motifs is 1. The van der Waals surface area contributed by atoms with Crippen molar-refractivity contribution in [3.05, 3.63) is 35.9 Å². The van der Waals surface area contributed by atoms with Gasteiger partial charge in [-0.15, -0.1) is 11.6 Å². The average Bonchev–Trinajstić information content (AvgIpc) is 2.54. The van der Waals surface area contributed by atoms with Crippen molar-refractivity contribution >= 4 is 28.3 Å². The summed E-state index contributed by atoms with van der Waals surface area (Å²) in [6.45, 7) is 6.61. The first-order valence-corrected chi connectivity index (χ1v) is 8.53. The second kappa shape index (κ2) is 8.23. The Morgan fingerprint density at radius 2 is 1.71 bits per heavy atom. The Hall–Kier alpha value is -1.28. The van der Waals surface area contributed by atoms with E-state index in [1.54, 1.807) is 0 Å². The van der Waals surface area contributed by atoms with Crippen LogP contribution < -0.4 is 4.90 Å². The molecule has 0 unspecified atom stereocenters. The summed E-state index contributed by atoms with van der Waals surface area (Å²) in [5.41, 5.74) is 2.22. The van der Waals surface area contributed by atoms with Crippen molar-refractivity contribution in [1.29, 1.82) is 0 Å². The van der Waals surface area contributed by atoms with E-state index >= 15 is 0 Å². The van der Waals surface area contributed by atoms with Crippen molar-refractivity contribution in [1.82, 2.24) is 4.98 Å². The average molecular weight is 305 g/mol. The molecule has 114 valence electrons. The minimum absolute atomic E-state index is 0.533. The molecule has 0 radical (unpaired) electrons. The molecule has 0 bridgehead atoms. The maximum Gasteiger partial charge on any atom is 0.129 e. The first-order valence-electron chi connectivity index (χ1n) is 7.99. The third-order valence-electron chi connectivity index (χ3n) is 3.82. The second-order valence-electron chi connectivity index (χ2n) is 5.48. The molecule has 0 fully saturated rings. The Bertz CT molecular complexity index is 560. The number of unbranched alkanes of at least 4 members (excludes halogenated alkanes) is 2. The molecule has 0 atom stereocenters. The van der Waals surface area contributed by atoms with Gasteiger partial charge in [0.05, 0.1) is 5.52 Å². The van der Waals surface area contributed by atoms with Crippen molar-refractivity contribution in [2.24, 2.45) is 0 Å². The lowest BCUT2D eigenvalue weighted by atomic mass is 10.1. The smallest absolute Gasteiger partial charge is 0.129 e. The second-order valence-corrected chi connectivity index (χ2v) is 5.75. The van der Waals surface area contributed by atoms with E-state index in [0.717, 1.165) is 24.4 Å². The molecular weight excluding hydrogens is 280 g/mol. The van der Waals surface area contributed by atoms with Gasteiger partial charge in [0, 0.05) is 24.4 Å². The molecule has 0 amide bonds. The van der Waals surface area contributed by atoms with Crippen LogP contribution in [0.2, 0.25) is 0 Å². The van der Waals surface area contributed by atoms with Crippen LogP contribution in [-0.4, -0.2) is 18.1 Å². The fraction of sp³-hybridized carbons (Fsp3) is 0.500. The zero-order chi connectivity index (χ0) is 15.1. The standard InChI is InChI=1S/C18H25ClN2/c1-3-5-11-21(12-6-4-2)18-13-15(14-19)16-9-7-8-10-17(16)20-18/h7-10,13H,3-6,11-12,14H2,1-2H3. The van der Waals surface area contributed by atoms with E-state index in [2.05, 4.69) is 36.9 Å². The van der Waals surface area contributed by atoms with Gasteiger partial charge >= 0.3 is 0 Å². The summed E-state index contributed by atoms with van der Waals surface area (Å²) >= 11 is 6.14. The van der Waals surface area contributed by atoms with Crippen LogP contribution in [0.1, 0.15) is 45.1 Å². The molecule has 1 heterocycles. The van der Waals surface area contributed by atoms with E-state index < -0.39 is 0 Å². The maximum absolute atomic E-state index is 6.14. The van der Waals surface area contributed by atoms with Gasteiger partial charge in [0.25, 0.3) is 0 Å². The van der Waals surface area contributed by atoms with Crippen LogP contribution in [0.15, 0.2) is 30.3 Å². The molecule has 0 aliphatic rings. The summed E-state index contributed by atoms with van der Waals surface area (Å²) in [5.74, 6) is 1.61. The molecule has 3 heteroatoms. The van der Waals surface area contributed by atoms with Crippen LogP contribution in [0.3, 0.4) is 0 Å². The predicted molar refractivity (Wildman–Crippen MR) is 93.3 cm³/mol. The summed E-state index contributed by atoms with van der Waals surface area (Å²) in [4.78, 5) is 7.27. The number of rotatable bonds is 8. The fourth-order valence-electron chi connectivity index (χ4n) is 2.54. The number of aromatic nitrogens is 1. The molecule has 1 aromatic heterocycles. The van der Waals surface area contributed by atoms with Gasteiger partial charge in [-0.2, -0.15) is 0 Å². The number of hydrogen-bond donors (Lipinski definition) is 0. The van der Waals surface area contributed by atoms with Gasteiger partial charge in [-0.1, -0.05) is 44.9 Å². The summed E-state index contributed by atoms with van der Waals surface area (Å²) in [7, 11) is 0.